The molecule has 0 spiro atoms. The van der Waals surface area contributed by atoms with Crippen molar-refractivity contribution < 1.29 is 14.3 Å². The smallest absolute Gasteiger partial charge is 0.338 e. The summed E-state index contributed by atoms with van der Waals surface area (Å²) in [5, 5.41) is 0. The molecular formula is C20H22N2O3. The number of likely N-dealkylation sites (tertiary alicyclic amines) is 1. The van der Waals surface area contributed by atoms with E-state index in [1.807, 2.05) is 29.2 Å². The molecular weight excluding hydrogens is 316 g/mol. The summed E-state index contributed by atoms with van der Waals surface area (Å²) in [4.78, 5) is 30.6. The summed E-state index contributed by atoms with van der Waals surface area (Å²) in [5.74, 6) is -0.238. The van der Waals surface area contributed by atoms with Crippen LogP contribution in [0.2, 0.25) is 0 Å². The molecule has 0 saturated carbocycles. The third-order valence-corrected chi connectivity index (χ3v) is 4.69. The fraction of sp³-hybridized carbons (Fsp3) is 0.350. The molecule has 2 heterocycles. The van der Waals surface area contributed by atoms with E-state index in [-0.39, 0.29) is 17.9 Å². The predicted octanol–water partition coefficient (Wildman–Crippen LogP) is 3.16. The number of pyridine rings is 1. The van der Waals surface area contributed by atoms with E-state index in [1.54, 1.807) is 24.5 Å². The van der Waals surface area contributed by atoms with Crippen molar-refractivity contribution in [2.24, 2.45) is 0 Å². The summed E-state index contributed by atoms with van der Waals surface area (Å²) in [6.45, 7) is 0.782. The molecule has 0 unspecified atom stereocenters. The van der Waals surface area contributed by atoms with Gasteiger partial charge in [0, 0.05) is 25.4 Å². The zero-order chi connectivity index (χ0) is 17.6. The number of benzene rings is 1. The van der Waals surface area contributed by atoms with Gasteiger partial charge in [-0.3, -0.25) is 9.78 Å². The van der Waals surface area contributed by atoms with Crippen molar-refractivity contribution >= 4 is 11.9 Å². The second-order valence-electron chi connectivity index (χ2n) is 6.17. The maximum atomic E-state index is 12.7. The Labute approximate surface area is 147 Å². The highest BCUT2D eigenvalue weighted by atomic mass is 16.5. The zero-order valence-electron chi connectivity index (χ0n) is 14.4. The zero-order valence-corrected chi connectivity index (χ0v) is 14.4. The van der Waals surface area contributed by atoms with Crippen LogP contribution in [0.15, 0.2) is 48.8 Å². The Kier molecular flexibility index (Phi) is 5.43. The minimum Gasteiger partial charge on any atom is -0.465 e. The number of hydrogen-bond acceptors (Lipinski definition) is 4. The van der Waals surface area contributed by atoms with Gasteiger partial charge >= 0.3 is 5.97 Å². The Bertz CT molecular complexity index is 746. The van der Waals surface area contributed by atoms with Crippen molar-refractivity contribution in [1.82, 2.24) is 9.88 Å². The van der Waals surface area contributed by atoms with E-state index >= 15 is 0 Å². The minimum absolute atomic E-state index is 0.124. The number of amides is 1. The van der Waals surface area contributed by atoms with Gasteiger partial charge in [0.05, 0.1) is 18.7 Å². The molecule has 1 atom stereocenters. The van der Waals surface area contributed by atoms with Crippen LogP contribution in [0.4, 0.5) is 0 Å². The minimum atomic E-state index is -0.362. The monoisotopic (exact) mass is 338 g/mol. The number of esters is 1. The molecule has 1 aliphatic rings. The number of ether oxygens (including phenoxy) is 1. The number of rotatable bonds is 5. The molecule has 1 amide bonds. The third kappa shape index (κ3) is 3.87. The lowest BCUT2D eigenvalue weighted by Gasteiger charge is -2.25. The topological polar surface area (TPSA) is 59.5 Å². The summed E-state index contributed by atoms with van der Waals surface area (Å²) in [6.07, 6.45) is 6.44. The van der Waals surface area contributed by atoms with Crippen LogP contribution < -0.4 is 0 Å². The number of nitrogens with zero attached hydrogens (tertiary/aromatic N) is 2. The molecule has 1 aromatic heterocycles. The molecule has 0 aliphatic carbocycles. The van der Waals surface area contributed by atoms with Crippen molar-refractivity contribution in [2.75, 3.05) is 13.7 Å². The first-order valence-corrected chi connectivity index (χ1v) is 8.56. The van der Waals surface area contributed by atoms with Gasteiger partial charge in [0.2, 0.25) is 5.91 Å². The lowest BCUT2D eigenvalue weighted by molar-refractivity contribution is -0.132. The SMILES string of the molecule is COC(=O)c1ccccc1CCC(=O)N1CCC[C@@H]1c1ccncc1. The van der Waals surface area contributed by atoms with Gasteiger partial charge in [-0.15, -0.1) is 0 Å². The number of carbonyl (C=O) groups excluding carboxylic acids is 2. The highest BCUT2D eigenvalue weighted by molar-refractivity contribution is 5.91. The molecule has 5 nitrogen and oxygen atoms in total. The van der Waals surface area contributed by atoms with Crippen LogP contribution >= 0.6 is 0 Å². The maximum Gasteiger partial charge on any atom is 0.338 e. The molecule has 5 heteroatoms. The number of aryl methyl sites for hydroxylation is 1. The molecule has 2 aromatic rings. The number of hydrogen-bond donors (Lipinski definition) is 0. The lowest BCUT2D eigenvalue weighted by Crippen LogP contribution is -2.30. The Balaban J connectivity index is 1.68. The van der Waals surface area contributed by atoms with Gasteiger partial charge in [0.1, 0.15) is 0 Å². The van der Waals surface area contributed by atoms with Gasteiger partial charge in [0.25, 0.3) is 0 Å². The van der Waals surface area contributed by atoms with Crippen LogP contribution in [0.3, 0.4) is 0 Å². The van der Waals surface area contributed by atoms with Gasteiger partial charge in [0.15, 0.2) is 0 Å². The van der Waals surface area contributed by atoms with E-state index in [1.165, 1.54) is 7.11 Å². The third-order valence-electron chi connectivity index (χ3n) is 4.69. The average Bonchev–Trinajstić information content (AvgIpc) is 3.16. The molecule has 0 bridgehead atoms. The van der Waals surface area contributed by atoms with E-state index in [9.17, 15) is 9.59 Å². The highest BCUT2D eigenvalue weighted by Crippen LogP contribution is 2.32. The van der Waals surface area contributed by atoms with E-state index in [0.717, 1.165) is 30.5 Å². The van der Waals surface area contributed by atoms with Gasteiger partial charge in [-0.2, -0.15) is 0 Å². The molecule has 130 valence electrons. The largest absolute Gasteiger partial charge is 0.465 e. The van der Waals surface area contributed by atoms with E-state index in [4.69, 9.17) is 4.74 Å². The fourth-order valence-corrected chi connectivity index (χ4v) is 3.43. The van der Waals surface area contributed by atoms with Crippen LogP contribution in [-0.2, 0) is 16.0 Å². The van der Waals surface area contributed by atoms with Crippen molar-refractivity contribution in [3.8, 4) is 0 Å². The second-order valence-corrected chi connectivity index (χ2v) is 6.17. The van der Waals surface area contributed by atoms with Gasteiger partial charge in [-0.25, -0.2) is 4.79 Å². The molecule has 25 heavy (non-hydrogen) atoms. The summed E-state index contributed by atoms with van der Waals surface area (Å²) in [6, 6.07) is 11.4. The molecule has 1 aliphatic heterocycles. The molecule has 1 aromatic carbocycles. The first kappa shape index (κ1) is 17.1. The van der Waals surface area contributed by atoms with E-state index in [0.29, 0.717) is 18.4 Å². The molecule has 1 saturated heterocycles. The molecule has 3 rings (SSSR count). The predicted molar refractivity (Wildman–Crippen MR) is 94.0 cm³/mol. The normalized spacial score (nSPS) is 16.7. The fourth-order valence-electron chi connectivity index (χ4n) is 3.43. The highest BCUT2D eigenvalue weighted by Gasteiger charge is 2.29. The second kappa shape index (κ2) is 7.92. The van der Waals surface area contributed by atoms with Gasteiger partial charge in [-0.05, 0) is 48.6 Å². The van der Waals surface area contributed by atoms with Crippen molar-refractivity contribution in [1.29, 1.82) is 0 Å². The number of aromatic nitrogens is 1. The first-order chi connectivity index (χ1) is 12.2. The van der Waals surface area contributed by atoms with E-state index in [2.05, 4.69) is 4.98 Å². The Hall–Kier alpha value is -2.69. The number of carbonyl (C=O) groups is 2. The molecule has 0 N–H and O–H groups in total. The Morgan fingerprint density at radius 3 is 2.72 bits per heavy atom. The molecule has 1 fully saturated rings. The van der Waals surface area contributed by atoms with Crippen molar-refractivity contribution in [3.63, 3.8) is 0 Å². The van der Waals surface area contributed by atoms with Gasteiger partial charge in [-0.1, -0.05) is 18.2 Å². The van der Waals surface area contributed by atoms with Crippen LogP contribution in [0.1, 0.15) is 46.8 Å². The van der Waals surface area contributed by atoms with Crippen molar-refractivity contribution in [3.05, 3.63) is 65.5 Å². The summed E-state index contributed by atoms with van der Waals surface area (Å²) >= 11 is 0. The van der Waals surface area contributed by atoms with Crippen LogP contribution in [0.5, 0.6) is 0 Å². The summed E-state index contributed by atoms with van der Waals surface area (Å²) in [7, 11) is 1.37. The van der Waals surface area contributed by atoms with E-state index < -0.39 is 0 Å². The summed E-state index contributed by atoms with van der Waals surface area (Å²) < 4.78 is 4.82. The van der Waals surface area contributed by atoms with Crippen LogP contribution in [0, 0.1) is 0 Å². The average molecular weight is 338 g/mol. The quantitative estimate of drug-likeness (QED) is 0.786. The van der Waals surface area contributed by atoms with Crippen LogP contribution in [0.25, 0.3) is 0 Å². The molecule has 0 radical (unpaired) electrons. The van der Waals surface area contributed by atoms with Crippen molar-refractivity contribution in [2.45, 2.75) is 31.7 Å². The Morgan fingerprint density at radius 2 is 1.96 bits per heavy atom. The lowest BCUT2D eigenvalue weighted by atomic mass is 10.0. The van der Waals surface area contributed by atoms with Gasteiger partial charge < -0.3 is 9.64 Å². The standard InChI is InChI=1S/C20H22N2O3/c1-25-20(24)17-6-3-2-5-15(17)8-9-19(23)22-14-4-7-18(22)16-10-12-21-13-11-16/h2-3,5-6,10-13,18H,4,7-9,14H2,1H3/t18-/m1/s1. The number of methoxy groups -OCH3 is 1. The maximum absolute atomic E-state index is 12.7. The van der Waals surface area contributed by atoms with Crippen LogP contribution in [-0.4, -0.2) is 35.4 Å². The summed E-state index contributed by atoms with van der Waals surface area (Å²) in [5.41, 5.74) is 2.52. The Morgan fingerprint density at radius 1 is 1.20 bits per heavy atom. The first-order valence-electron chi connectivity index (χ1n) is 8.56.